The minimum Gasteiger partial charge on any atom is -0.496 e. The molecule has 4 aromatic rings. The number of rotatable bonds is 8. The average molecular weight is 554 g/mol. The van der Waals surface area contributed by atoms with Crippen LogP contribution in [0.25, 0.3) is 23.2 Å². The van der Waals surface area contributed by atoms with Gasteiger partial charge in [0, 0.05) is 22.1 Å². The number of hydrogen-bond acceptors (Lipinski definition) is 8. The molecule has 0 fully saturated rings. The van der Waals surface area contributed by atoms with Gasteiger partial charge in [0.2, 0.25) is 0 Å². The Morgan fingerprint density at radius 1 is 1.11 bits per heavy atom. The molecular weight excluding hydrogens is 530 g/mol. The Balaban J connectivity index is 1.69. The Morgan fingerprint density at radius 2 is 1.87 bits per heavy atom. The van der Waals surface area contributed by atoms with Crippen molar-refractivity contribution in [1.82, 2.24) is 14.8 Å². The van der Waals surface area contributed by atoms with Crippen molar-refractivity contribution >= 4 is 41.4 Å². The number of aromatic nitrogens is 3. The summed E-state index contributed by atoms with van der Waals surface area (Å²) in [5.74, 6) is -0.937. The zero-order valence-electron chi connectivity index (χ0n) is 21.2. The Bertz CT molecular complexity index is 1570. The number of carbonyl (C=O) groups is 2. The van der Waals surface area contributed by atoms with E-state index < -0.39 is 11.9 Å². The molecule has 0 saturated carbocycles. The minimum atomic E-state index is -1.15. The smallest absolute Gasteiger partial charge is 0.342 e. The molecule has 0 radical (unpaired) electrons. The van der Waals surface area contributed by atoms with Gasteiger partial charge in [-0.25, -0.2) is 9.59 Å². The number of halogens is 1. The van der Waals surface area contributed by atoms with Crippen molar-refractivity contribution in [2.75, 3.05) is 14.2 Å². The molecule has 0 atom stereocenters. The standard InChI is InChI=1S/C27H24ClN3O6S/c1-14-11-17(16(3)31(14)21-8-6-7-19(15(21)2)26(34)36-5)12-23(25(32)33)38-27-30-29-24(37-27)20-13-18(28)9-10-22(20)35-4/h6-13H,1-5H3,(H,32,33)/b23-12+. The van der Waals surface area contributed by atoms with E-state index in [1.165, 1.54) is 14.2 Å². The van der Waals surface area contributed by atoms with Gasteiger partial charge in [0.1, 0.15) is 10.7 Å². The van der Waals surface area contributed by atoms with E-state index in [2.05, 4.69) is 10.2 Å². The summed E-state index contributed by atoms with van der Waals surface area (Å²) in [4.78, 5) is 24.3. The predicted molar refractivity (Wildman–Crippen MR) is 144 cm³/mol. The summed E-state index contributed by atoms with van der Waals surface area (Å²) in [5.41, 5.74) is 4.84. The summed E-state index contributed by atoms with van der Waals surface area (Å²) in [6.45, 7) is 5.63. The van der Waals surface area contributed by atoms with Gasteiger partial charge < -0.3 is 23.6 Å². The molecule has 0 saturated heterocycles. The zero-order valence-corrected chi connectivity index (χ0v) is 22.8. The average Bonchev–Trinajstić information content (AvgIpc) is 3.47. The second-order valence-corrected chi connectivity index (χ2v) is 9.67. The molecule has 0 aliphatic heterocycles. The number of methoxy groups -OCH3 is 2. The van der Waals surface area contributed by atoms with Crippen LogP contribution < -0.4 is 4.74 Å². The Kier molecular flexibility index (Phi) is 7.94. The van der Waals surface area contributed by atoms with Gasteiger partial charge in [-0.05, 0) is 86.1 Å². The molecule has 2 aromatic carbocycles. The Morgan fingerprint density at radius 3 is 2.55 bits per heavy atom. The first kappa shape index (κ1) is 27.0. The first-order chi connectivity index (χ1) is 18.1. The highest BCUT2D eigenvalue weighted by Gasteiger charge is 2.21. The van der Waals surface area contributed by atoms with Crippen molar-refractivity contribution in [2.24, 2.45) is 0 Å². The largest absolute Gasteiger partial charge is 0.496 e. The quantitative estimate of drug-likeness (QED) is 0.156. The summed E-state index contributed by atoms with van der Waals surface area (Å²) in [6.07, 6.45) is 1.55. The number of benzene rings is 2. The first-order valence-corrected chi connectivity index (χ1v) is 12.5. The van der Waals surface area contributed by atoms with E-state index in [0.717, 1.165) is 34.4 Å². The highest BCUT2D eigenvalue weighted by molar-refractivity contribution is 8.03. The van der Waals surface area contributed by atoms with Crippen molar-refractivity contribution in [3.8, 4) is 22.9 Å². The Hall–Kier alpha value is -4.02. The molecule has 2 heterocycles. The molecule has 0 spiro atoms. The van der Waals surface area contributed by atoms with Crippen molar-refractivity contribution in [1.29, 1.82) is 0 Å². The summed E-state index contributed by atoms with van der Waals surface area (Å²) in [7, 11) is 2.85. The maximum absolute atomic E-state index is 12.2. The molecule has 4 rings (SSSR count). The molecular formula is C27H24ClN3O6S. The summed E-state index contributed by atoms with van der Waals surface area (Å²) in [5, 5.41) is 18.5. The number of ether oxygens (including phenoxy) is 2. The number of thioether (sulfide) groups is 1. The van der Waals surface area contributed by atoms with Crippen molar-refractivity contribution in [3.05, 3.63) is 80.5 Å². The lowest BCUT2D eigenvalue weighted by molar-refractivity contribution is -0.131. The first-order valence-electron chi connectivity index (χ1n) is 11.3. The number of aliphatic carboxylic acids is 1. The number of hydrogen-bond donors (Lipinski definition) is 1. The zero-order chi connectivity index (χ0) is 27.6. The fourth-order valence-electron chi connectivity index (χ4n) is 4.08. The topological polar surface area (TPSA) is 117 Å². The summed E-state index contributed by atoms with van der Waals surface area (Å²) in [6, 6.07) is 12.2. The number of carbonyl (C=O) groups excluding carboxylic acids is 1. The van der Waals surface area contributed by atoms with Crippen molar-refractivity contribution in [3.63, 3.8) is 0 Å². The van der Waals surface area contributed by atoms with Gasteiger partial charge in [-0.15, -0.1) is 10.2 Å². The van der Waals surface area contributed by atoms with Crippen LogP contribution in [-0.2, 0) is 9.53 Å². The third-order valence-electron chi connectivity index (χ3n) is 5.91. The molecule has 0 amide bonds. The monoisotopic (exact) mass is 553 g/mol. The lowest BCUT2D eigenvalue weighted by Gasteiger charge is -2.15. The van der Waals surface area contributed by atoms with Crippen LogP contribution in [0.3, 0.4) is 0 Å². The predicted octanol–water partition coefficient (Wildman–Crippen LogP) is 6.12. The normalized spacial score (nSPS) is 11.5. The number of nitrogens with zero attached hydrogens (tertiary/aromatic N) is 3. The van der Waals surface area contributed by atoms with E-state index in [0.29, 0.717) is 27.5 Å². The molecule has 0 unspecified atom stereocenters. The van der Waals surface area contributed by atoms with Crippen LogP contribution in [0.4, 0.5) is 0 Å². The Labute approximate surface area is 228 Å². The fourth-order valence-corrected chi connectivity index (χ4v) is 4.91. The highest BCUT2D eigenvalue weighted by Crippen LogP contribution is 2.36. The van der Waals surface area contributed by atoms with Gasteiger partial charge in [0.15, 0.2) is 0 Å². The molecule has 196 valence electrons. The molecule has 1 N–H and O–H groups in total. The molecule has 2 aromatic heterocycles. The van der Waals surface area contributed by atoms with Crippen LogP contribution in [0, 0.1) is 20.8 Å². The molecule has 9 nitrogen and oxygen atoms in total. The van der Waals surface area contributed by atoms with Crippen LogP contribution in [0.5, 0.6) is 5.75 Å². The van der Waals surface area contributed by atoms with E-state index in [-0.39, 0.29) is 16.0 Å². The molecule has 38 heavy (non-hydrogen) atoms. The summed E-state index contributed by atoms with van der Waals surface area (Å²) >= 11 is 6.93. The van der Waals surface area contributed by atoms with Crippen LogP contribution in [0.2, 0.25) is 5.02 Å². The van der Waals surface area contributed by atoms with Gasteiger partial charge in [-0.1, -0.05) is 17.7 Å². The van der Waals surface area contributed by atoms with Gasteiger partial charge in [0.05, 0.1) is 25.3 Å². The van der Waals surface area contributed by atoms with E-state index in [9.17, 15) is 14.7 Å². The third kappa shape index (κ3) is 5.32. The van der Waals surface area contributed by atoms with E-state index in [4.69, 9.17) is 25.5 Å². The van der Waals surface area contributed by atoms with E-state index in [1.54, 1.807) is 36.4 Å². The molecule has 0 aliphatic carbocycles. The van der Waals surface area contributed by atoms with Gasteiger partial charge >= 0.3 is 11.9 Å². The van der Waals surface area contributed by atoms with E-state index in [1.807, 2.05) is 37.5 Å². The van der Waals surface area contributed by atoms with Crippen LogP contribution in [0.1, 0.15) is 32.9 Å². The lowest BCUT2D eigenvalue weighted by Crippen LogP contribution is -2.08. The highest BCUT2D eigenvalue weighted by atomic mass is 35.5. The maximum Gasteiger partial charge on any atom is 0.342 e. The van der Waals surface area contributed by atoms with Crippen LogP contribution >= 0.6 is 23.4 Å². The van der Waals surface area contributed by atoms with Gasteiger partial charge in [-0.3, -0.25) is 0 Å². The number of aryl methyl sites for hydroxylation is 1. The van der Waals surface area contributed by atoms with Crippen molar-refractivity contribution in [2.45, 2.75) is 26.0 Å². The second kappa shape index (κ2) is 11.2. The lowest BCUT2D eigenvalue weighted by atomic mass is 10.1. The number of carboxylic acid groups (broad SMARTS) is 1. The SMILES string of the molecule is COC(=O)c1cccc(-n2c(C)cc(/C=C(/Sc3nnc(-c4cc(Cl)ccc4OC)o3)C(=O)O)c2C)c1C. The summed E-state index contributed by atoms with van der Waals surface area (Å²) < 4.78 is 17.9. The minimum absolute atomic E-state index is 0.0152. The van der Waals surface area contributed by atoms with Gasteiger partial charge in [0.25, 0.3) is 11.1 Å². The van der Waals surface area contributed by atoms with Crippen molar-refractivity contribution < 1.29 is 28.6 Å². The fraction of sp³-hybridized carbons (Fsp3) is 0.185. The number of esters is 1. The van der Waals surface area contributed by atoms with Crippen LogP contribution in [0.15, 0.2) is 57.0 Å². The molecule has 11 heteroatoms. The molecule has 0 bridgehead atoms. The van der Waals surface area contributed by atoms with E-state index >= 15 is 0 Å². The third-order valence-corrected chi connectivity index (χ3v) is 7.00. The molecule has 0 aliphatic rings. The van der Waals surface area contributed by atoms with Crippen LogP contribution in [-0.4, -0.2) is 46.0 Å². The van der Waals surface area contributed by atoms with Gasteiger partial charge in [-0.2, -0.15) is 0 Å². The second-order valence-electron chi connectivity index (χ2n) is 8.24. The number of carboxylic acids is 1. The maximum atomic E-state index is 12.2.